The molecule has 1 heterocycles. The average Bonchev–Trinajstić information content (AvgIpc) is 2.28. The molecule has 1 aromatic heterocycles. The highest BCUT2D eigenvalue weighted by Crippen LogP contribution is 2.14. The first-order valence-corrected chi connectivity index (χ1v) is 5.09. The molecule has 0 unspecified atom stereocenters. The van der Waals surface area contributed by atoms with Crippen molar-refractivity contribution in [1.82, 2.24) is 9.47 Å². The van der Waals surface area contributed by atoms with Gasteiger partial charge in [-0.25, -0.2) is 4.79 Å². The average molecular weight is 236 g/mol. The summed E-state index contributed by atoms with van der Waals surface area (Å²) >= 11 is 0. The van der Waals surface area contributed by atoms with E-state index in [4.69, 9.17) is 4.74 Å². The Kier molecular flexibility index (Phi) is 4.09. The number of rotatable bonds is 3. The molecule has 5 heteroatoms. The van der Waals surface area contributed by atoms with Gasteiger partial charge in [0.1, 0.15) is 0 Å². The Morgan fingerprint density at radius 3 is 2.53 bits per heavy atom. The fourth-order valence-corrected chi connectivity index (χ4v) is 1.37. The molecule has 0 saturated carbocycles. The van der Waals surface area contributed by atoms with Crippen molar-refractivity contribution in [1.29, 1.82) is 0 Å². The fraction of sp³-hybridized carbons (Fsp3) is 0.333. The first-order valence-electron chi connectivity index (χ1n) is 5.09. The van der Waals surface area contributed by atoms with Crippen molar-refractivity contribution >= 4 is 11.5 Å². The molecular formula is C12H16N2O3. The molecule has 0 aliphatic heterocycles. The van der Waals surface area contributed by atoms with Crippen LogP contribution in [0.5, 0.6) is 0 Å². The van der Waals surface area contributed by atoms with Crippen LogP contribution >= 0.6 is 0 Å². The number of methoxy groups -OCH3 is 1. The normalized spacial score (nSPS) is 11.2. The highest BCUT2D eigenvalue weighted by molar-refractivity contribution is 6.16. The summed E-state index contributed by atoms with van der Waals surface area (Å²) in [6, 6.07) is 3.02. The Hall–Kier alpha value is -2.04. The Morgan fingerprint density at radius 1 is 1.41 bits per heavy atom. The van der Waals surface area contributed by atoms with Crippen molar-refractivity contribution in [2.45, 2.75) is 0 Å². The Bertz CT molecular complexity index is 501. The third-order valence-electron chi connectivity index (χ3n) is 2.19. The van der Waals surface area contributed by atoms with Gasteiger partial charge in [-0.1, -0.05) is 0 Å². The van der Waals surface area contributed by atoms with Gasteiger partial charge >= 0.3 is 5.97 Å². The number of ether oxygens (including phenoxy) is 1. The molecule has 0 amide bonds. The van der Waals surface area contributed by atoms with Gasteiger partial charge in [0.15, 0.2) is 0 Å². The second kappa shape index (κ2) is 5.34. The Balaban J connectivity index is 3.27. The van der Waals surface area contributed by atoms with Gasteiger partial charge in [-0.3, -0.25) is 4.79 Å². The summed E-state index contributed by atoms with van der Waals surface area (Å²) in [5.74, 6) is -0.433. The van der Waals surface area contributed by atoms with Gasteiger partial charge in [-0.2, -0.15) is 0 Å². The van der Waals surface area contributed by atoms with Crippen LogP contribution in [0.1, 0.15) is 5.56 Å². The lowest BCUT2D eigenvalue weighted by atomic mass is 10.1. The SMILES string of the molecule is COC(=O)/C(=C/N(C)C)c1ccc(=O)n(C)c1. The largest absolute Gasteiger partial charge is 0.465 e. The van der Waals surface area contributed by atoms with Gasteiger partial charge in [-0.15, -0.1) is 0 Å². The minimum atomic E-state index is -0.433. The minimum absolute atomic E-state index is 0.122. The lowest BCUT2D eigenvalue weighted by Gasteiger charge is -2.11. The first kappa shape index (κ1) is 13.0. The topological polar surface area (TPSA) is 51.5 Å². The van der Waals surface area contributed by atoms with E-state index in [2.05, 4.69) is 0 Å². The predicted molar refractivity (Wildman–Crippen MR) is 65.4 cm³/mol. The van der Waals surface area contributed by atoms with Crippen LogP contribution in [0.25, 0.3) is 5.57 Å². The van der Waals surface area contributed by atoms with Gasteiger partial charge in [0.25, 0.3) is 0 Å². The number of nitrogens with zero attached hydrogens (tertiary/aromatic N) is 2. The standard InChI is InChI=1S/C12H16N2O3/c1-13(2)8-10(12(16)17-4)9-5-6-11(15)14(3)7-9/h5-8H,1-4H3/b10-8+. The van der Waals surface area contributed by atoms with Gasteiger partial charge < -0.3 is 14.2 Å². The van der Waals surface area contributed by atoms with Crippen LogP contribution < -0.4 is 5.56 Å². The lowest BCUT2D eigenvalue weighted by Crippen LogP contribution is -2.17. The monoisotopic (exact) mass is 236 g/mol. The summed E-state index contributed by atoms with van der Waals surface area (Å²) < 4.78 is 6.13. The van der Waals surface area contributed by atoms with E-state index in [0.29, 0.717) is 11.1 Å². The maximum Gasteiger partial charge on any atom is 0.340 e. The molecule has 1 rings (SSSR count). The lowest BCUT2D eigenvalue weighted by molar-refractivity contribution is -0.133. The number of aromatic nitrogens is 1. The van der Waals surface area contributed by atoms with Gasteiger partial charge in [0.05, 0.1) is 12.7 Å². The molecular weight excluding hydrogens is 220 g/mol. The van der Waals surface area contributed by atoms with Crippen LogP contribution in [0.3, 0.4) is 0 Å². The van der Waals surface area contributed by atoms with Gasteiger partial charge in [0, 0.05) is 45.2 Å². The molecule has 0 radical (unpaired) electrons. The Morgan fingerprint density at radius 2 is 2.06 bits per heavy atom. The molecule has 0 saturated heterocycles. The van der Waals surface area contributed by atoms with E-state index in [-0.39, 0.29) is 5.56 Å². The molecule has 0 aliphatic carbocycles. The molecule has 0 aliphatic rings. The summed E-state index contributed by atoms with van der Waals surface area (Å²) in [4.78, 5) is 24.7. The maximum absolute atomic E-state index is 11.6. The molecule has 5 nitrogen and oxygen atoms in total. The number of hydrogen-bond acceptors (Lipinski definition) is 4. The molecule has 0 N–H and O–H groups in total. The Labute approximate surface area is 99.9 Å². The predicted octanol–water partition coefficient (Wildman–Crippen LogP) is 0.461. The highest BCUT2D eigenvalue weighted by Gasteiger charge is 2.13. The van der Waals surface area contributed by atoms with Crippen LogP contribution in [-0.4, -0.2) is 36.6 Å². The van der Waals surface area contributed by atoms with Gasteiger partial charge in [0.2, 0.25) is 5.56 Å². The van der Waals surface area contributed by atoms with Crippen molar-refractivity contribution in [3.05, 3.63) is 40.4 Å². The molecule has 0 atom stereocenters. The zero-order chi connectivity index (χ0) is 13.0. The van der Waals surface area contributed by atoms with E-state index >= 15 is 0 Å². The van der Waals surface area contributed by atoms with E-state index in [1.807, 2.05) is 14.1 Å². The number of hydrogen-bond donors (Lipinski definition) is 0. The third-order valence-corrected chi connectivity index (χ3v) is 2.19. The summed E-state index contributed by atoms with van der Waals surface area (Å²) in [5, 5.41) is 0. The van der Waals surface area contributed by atoms with Crippen LogP contribution in [0, 0.1) is 0 Å². The van der Waals surface area contributed by atoms with Crippen LogP contribution in [-0.2, 0) is 16.6 Å². The van der Waals surface area contributed by atoms with Crippen molar-refractivity contribution in [2.75, 3.05) is 21.2 Å². The molecule has 0 bridgehead atoms. The molecule has 1 aromatic rings. The zero-order valence-corrected chi connectivity index (χ0v) is 10.4. The maximum atomic E-state index is 11.6. The van der Waals surface area contributed by atoms with Crippen LogP contribution in [0.15, 0.2) is 29.3 Å². The second-order valence-electron chi connectivity index (χ2n) is 3.86. The molecule has 92 valence electrons. The van der Waals surface area contributed by atoms with E-state index in [0.717, 1.165) is 0 Å². The van der Waals surface area contributed by atoms with Crippen molar-refractivity contribution < 1.29 is 9.53 Å². The fourth-order valence-electron chi connectivity index (χ4n) is 1.37. The van der Waals surface area contributed by atoms with Crippen molar-refractivity contribution in [2.24, 2.45) is 7.05 Å². The summed E-state index contributed by atoms with van der Waals surface area (Å²) in [7, 11) is 6.58. The third kappa shape index (κ3) is 3.21. The summed E-state index contributed by atoms with van der Waals surface area (Å²) in [5.41, 5.74) is 0.934. The summed E-state index contributed by atoms with van der Waals surface area (Å²) in [6.07, 6.45) is 3.26. The highest BCUT2D eigenvalue weighted by atomic mass is 16.5. The molecule has 0 fully saturated rings. The number of carbonyl (C=O) groups is 1. The summed E-state index contributed by atoms with van der Waals surface area (Å²) in [6.45, 7) is 0. The van der Waals surface area contributed by atoms with Crippen LogP contribution in [0.4, 0.5) is 0 Å². The van der Waals surface area contributed by atoms with Crippen LogP contribution in [0.2, 0.25) is 0 Å². The van der Waals surface area contributed by atoms with E-state index in [1.165, 1.54) is 17.7 Å². The second-order valence-corrected chi connectivity index (χ2v) is 3.86. The van der Waals surface area contributed by atoms with Gasteiger partial charge in [-0.05, 0) is 6.07 Å². The minimum Gasteiger partial charge on any atom is -0.465 e. The first-order chi connectivity index (χ1) is 7.95. The quantitative estimate of drug-likeness (QED) is 0.565. The number of esters is 1. The number of carbonyl (C=O) groups excluding carboxylic acids is 1. The van der Waals surface area contributed by atoms with E-state index < -0.39 is 5.97 Å². The zero-order valence-electron chi connectivity index (χ0n) is 10.4. The molecule has 0 spiro atoms. The van der Waals surface area contributed by atoms with E-state index in [9.17, 15) is 9.59 Å². The van der Waals surface area contributed by atoms with Crippen molar-refractivity contribution in [3.63, 3.8) is 0 Å². The molecule has 0 aromatic carbocycles. The smallest absolute Gasteiger partial charge is 0.340 e. The number of aryl methyl sites for hydroxylation is 1. The molecule has 17 heavy (non-hydrogen) atoms. The van der Waals surface area contributed by atoms with Crippen molar-refractivity contribution in [3.8, 4) is 0 Å². The number of pyridine rings is 1. The van der Waals surface area contributed by atoms with E-state index in [1.54, 1.807) is 30.4 Å².